The van der Waals surface area contributed by atoms with Crippen molar-refractivity contribution in [2.45, 2.75) is 26.3 Å². The van der Waals surface area contributed by atoms with Crippen LogP contribution in [-0.4, -0.2) is 37.1 Å². The second kappa shape index (κ2) is 6.93. The normalized spacial score (nSPS) is 16.6. The monoisotopic (exact) mass is 341 g/mol. The quantitative estimate of drug-likeness (QED) is 0.798. The van der Waals surface area contributed by atoms with Crippen molar-refractivity contribution >= 4 is 34.3 Å². The van der Waals surface area contributed by atoms with Crippen LogP contribution in [0.2, 0.25) is 0 Å². The first-order valence-corrected chi connectivity index (χ1v) is 8.09. The summed E-state index contributed by atoms with van der Waals surface area (Å²) in [6.07, 6.45) is 0.410. The first-order valence-electron chi connectivity index (χ1n) is 8.09. The molecule has 1 atom stereocenters. The van der Waals surface area contributed by atoms with E-state index in [1.165, 1.54) is 11.8 Å². The van der Waals surface area contributed by atoms with Crippen LogP contribution in [-0.2, 0) is 23.9 Å². The van der Waals surface area contributed by atoms with E-state index in [9.17, 15) is 14.4 Å². The number of carbonyl (C=O) groups is 3. The number of esters is 2. The van der Waals surface area contributed by atoms with Crippen molar-refractivity contribution in [1.29, 1.82) is 0 Å². The number of amides is 1. The molecule has 2 aromatic rings. The number of ether oxygens (including phenoxy) is 2. The smallest absolute Gasteiger partial charge is 0.329 e. The lowest BCUT2D eigenvalue weighted by Gasteiger charge is -2.29. The van der Waals surface area contributed by atoms with Gasteiger partial charge in [0.25, 0.3) is 5.91 Å². The minimum Gasteiger partial charge on any atom is -0.464 e. The average molecular weight is 341 g/mol. The Bertz CT molecular complexity index is 845. The summed E-state index contributed by atoms with van der Waals surface area (Å²) < 4.78 is 9.93. The SMILES string of the molecule is CC(=O)OCC(=O)N(c1c(C)ccc2ccccc12)C1CCOC1=O. The molecule has 1 unspecified atom stereocenters. The van der Waals surface area contributed by atoms with E-state index in [0.29, 0.717) is 12.1 Å². The fourth-order valence-corrected chi connectivity index (χ4v) is 3.09. The highest BCUT2D eigenvalue weighted by molar-refractivity contribution is 6.08. The van der Waals surface area contributed by atoms with Gasteiger partial charge in [-0.1, -0.05) is 36.4 Å². The summed E-state index contributed by atoms with van der Waals surface area (Å²) in [6.45, 7) is 2.98. The number of nitrogens with zero attached hydrogens (tertiary/aromatic N) is 1. The Morgan fingerprint density at radius 3 is 2.68 bits per heavy atom. The molecule has 130 valence electrons. The van der Waals surface area contributed by atoms with Crippen molar-refractivity contribution in [3.8, 4) is 0 Å². The Kier molecular flexibility index (Phi) is 4.70. The maximum atomic E-state index is 12.8. The van der Waals surface area contributed by atoms with Crippen LogP contribution in [0.4, 0.5) is 5.69 Å². The highest BCUT2D eigenvalue weighted by Crippen LogP contribution is 2.34. The van der Waals surface area contributed by atoms with Gasteiger partial charge in [0.05, 0.1) is 12.3 Å². The van der Waals surface area contributed by atoms with Gasteiger partial charge in [-0.25, -0.2) is 4.79 Å². The number of fused-ring (bicyclic) bond motifs is 1. The molecule has 1 aliphatic rings. The summed E-state index contributed by atoms with van der Waals surface area (Å²) in [7, 11) is 0. The molecule has 1 aliphatic heterocycles. The number of anilines is 1. The number of hydrogen-bond acceptors (Lipinski definition) is 5. The summed E-state index contributed by atoms with van der Waals surface area (Å²) in [5.41, 5.74) is 1.51. The molecule has 0 radical (unpaired) electrons. The predicted molar refractivity (Wildman–Crippen MR) is 92.2 cm³/mol. The summed E-state index contributed by atoms with van der Waals surface area (Å²) in [5, 5.41) is 1.82. The van der Waals surface area contributed by atoms with Gasteiger partial charge < -0.3 is 9.47 Å². The Labute approximate surface area is 145 Å². The van der Waals surface area contributed by atoms with Crippen molar-refractivity contribution < 1.29 is 23.9 Å². The standard InChI is InChI=1S/C19H19NO5/c1-12-7-8-14-5-3-4-6-15(14)18(12)20(16-9-10-24-19(16)23)17(22)11-25-13(2)21/h3-8,16H,9-11H2,1-2H3. The van der Waals surface area contributed by atoms with Crippen molar-refractivity contribution in [2.24, 2.45) is 0 Å². The Balaban J connectivity index is 2.11. The predicted octanol–water partition coefficient (Wildman–Crippen LogP) is 2.36. The first-order chi connectivity index (χ1) is 12.0. The maximum Gasteiger partial charge on any atom is 0.329 e. The minimum atomic E-state index is -0.715. The largest absolute Gasteiger partial charge is 0.464 e. The van der Waals surface area contributed by atoms with Crippen LogP contribution in [0.25, 0.3) is 10.8 Å². The molecule has 2 aromatic carbocycles. The van der Waals surface area contributed by atoms with Crippen LogP contribution >= 0.6 is 0 Å². The lowest BCUT2D eigenvalue weighted by Crippen LogP contribution is -2.45. The summed E-state index contributed by atoms with van der Waals surface area (Å²) in [6, 6.07) is 10.8. The average Bonchev–Trinajstić information content (AvgIpc) is 3.01. The van der Waals surface area contributed by atoms with Gasteiger partial charge in [0.15, 0.2) is 6.61 Å². The lowest BCUT2D eigenvalue weighted by molar-refractivity contribution is -0.146. The molecule has 1 fully saturated rings. The van der Waals surface area contributed by atoms with E-state index in [-0.39, 0.29) is 6.61 Å². The Hall–Kier alpha value is -2.89. The topological polar surface area (TPSA) is 72.9 Å². The lowest BCUT2D eigenvalue weighted by atomic mass is 10.0. The highest BCUT2D eigenvalue weighted by Gasteiger charge is 2.37. The molecular weight excluding hydrogens is 322 g/mol. The zero-order valence-corrected chi connectivity index (χ0v) is 14.2. The zero-order chi connectivity index (χ0) is 18.0. The second-order valence-corrected chi connectivity index (χ2v) is 5.97. The van der Waals surface area contributed by atoms with E-state index in [1.807, 2.05) is 43.3 Å². The maximum absolute atomic E-state index is 12.8. The van der Waals surface area contributed by atoms with Crippen molar-refractivity contribution in [3.63, 3.8) is 0 Å². The summed E-state index contributed by atoms with van der Waals surface area (Å²) >= 11 is 0. The van der Waals surface area contributed by atoms with Gasteiger partial charge in [-0.05, 0) is 17.9 Å². The van der Waals surface area contributed by atoms with Crippen LogP contribution in [0.5, 0.6) is 0 Å². The Morgan fingerprint density at radius 2 is 2.00 bits per heavy atom. The molecule has 0 N–H and O–H groups in total. The van der Waals surface area contributed by atoms with Crippen LogP contribution in [0.3, 0.4) is 0 Å². The van der Waals surface area contributed by atoms with E-state index in [0.717, 1.165) is 16.3 Å². The highest BCUT2D eigenvalue weighted by atomic mass is 16.5. The van der Waals surface area contributed by atoms with Gasteiger partial charge in [0.2, 0.25) is 0 Å². The molecule has 25 heavy (non-hydrogen) atoms. The van der Waals surface area contributed by atoms with E-state index in [1.54, 1.807) is 0 Å². The molecule has 1 saturated heterocycles. The molecule has 1 amide bonds. The molecule has 0 aliphatic carbocycles. The fraction of sp³-hybridized carbons (Fsp3) is 0.316. The van der Waals surface area contributed by atoms with Gasteiger partial charge in [-0.15, -0.1) is 0 Å². The molecule has 0 bridgehead atoms. The number of hydrogen-bond donors (Lipinski definition) is 0. The first kappa shape index (κ1) is 17.0. The number of cyclic esters (lactones) is 1. The molecule has 6 nitrogen and oxygen atoms in total. The van der Waals surface area contributed by atoms with E-state index >= 15 is 0 Å². The van der Waals surface area contributed by atoms with Gasteiger partial charge in [0.1, 0.15) is 6.04 Å². The van der Waals surface area contributed by atoms with Crippen LogP contribution < -0.4 is 4.90 Å². The Morgan fingerprint density at radius 1 is 1.24 bits per heavy atom. The third-order valence-corrected chi connectivity index (χ3v) is 4.23. The minimum absolute atomic E-state index is 0.269. The summed E-state index contributed by atoms with van der Waals surface area (Å²) in [4.78, 5) is 37.5. The van der Waals surface area contributed by atoms with Crippen molar-refractivity contribution in [1.82, 2.24) is 0 Å². The molecule has 3 rings (SSSR count). The van der Waals surface area contributed by atoms with Crippen LogP contribution in [0.1, 0.15) is 18.9 Å². The zero-order valence-electron chi connectivity index (χ0n) is 14.2. The molecule has 1 heterocycles. The van der Waals surface area contributed by atoms with Gasteiger partial charge >= 0.3 is 11.9 Å². The van der Waals surface area contributed by atoms with Crippen molar-refractivity contribution in [2.75, 3.05) is 18.1 Å². The van der Waals surface area contributed by atoms with Crippen LogP contribution in [0.15, 0.2) is 36.4 Å². The van der Waals surface area contributed by atoms with Gasteiger partial charge in [0, 0.05) is 18.7 Å². The molecule has 0 saturated carbocycles. The molecule has 0 spiro atoms. The van der Waals surface area contributed by atoms with Crippen LogP contribution in [0, 0.1) is 6.92 Å². The number of benzene rings is 2. The molecular formula is C19H19NO5. The van der Waals surface area contributed by atoms with Gasteiger partial charge in [-0.3, -0.25) is 14.5 Å². The molecule has 0 aromatic heterocycles. The number of aryl methyl sites for hydroxylation is 1. The molecule has 6 heteroatoms. The third-order valence-electron chi connectivity index (χ3n) is 4.23. The second-order valence-electron chi connectivity index (χ2n) is 5.97. The number of rotatable bonds is 4. The van der Waals surface area contributed by atoms with E-state index < -0.39 is 30.5 Å². The summed E-state index contributed by atoms with van der Waals surface area (Å²) in [5.74, 6) is -1.43. The number of carbonyl (C=O) groups excluding carboxylic acids is 3. The van der Waals surface area contributed by atoms with E-state index in [4.69, 9.17) is 9.47 Å². The third kappa shape index (κ3) is 3.33. The fourth-order valence-electron chi connectivity index (χ4n) is 3.09. The van der Waals surface area contributed by atoms with E-state index in [2.05, 4.69) is 0 Å². The van der Waals surface area contributed by atoms with Gasteiger partial charge in [-0.2, -0.15) is 0 Å². The van der Waals surface area contributed by atoms with Crippen molar-refractivity contribution in [3.05, 3.63) is 42.0 Å².